The second kappa shape index (κ2) is 5.24. The van der Waals surface area contributed by atoms with E-state index >= 15 is 0 Å². The SMILES string of the molecule is Cn1cc(CNc2cccc(F)c2C#N)cc1C#N. The van der Waals surface area contributed by atoms with Crippen LogP contribution in [0.1, 0.15) is 16.8 Å². The summed E-state index contributed by atoms with van der Waals surface area (Å²) >= 11 is 0. The fraction of sp³-hybridized carbons (Fsp3) is 0.143. The number of nitrogens with zero attached hydrogens (tertiary/aromatic N) is 3. The van der Waals surface area contributed by atoms with Crippen molar-refractivity contribution in [2.75, 3.05) is 5.32 Å². The van der Waals surface area contributed by atoms with Crippen molar-refractivity contribution in [3.05, 3.63) is 53.1 Å². The molecule has 2 aromatic rings. The zero-order valence-corrected chi connectivity index (χ0v) is 10.3. The Labute approximate surface area is 110 Å². The first-order valence-corrected chi connectivity index (χ1v) is 5.63. The molecule has 94 valence electrons. The fourth-order valence-electron chi connectivity index (χ4n) is 1.82. The molecule has 0 amide bonds. The summed E-state index contributed by atoms with van der Waals surface area (Å²) in [4.78, 5) is 0. The molecule has 1 N–H and O–H groups in total. The molecular weight excluding hydrogens is 243 g/mol. The van der Waals surface area contributed by atoms with Crippen molar-refractivity contribution in [2.45, 2.75) is 6.54 Å². The number of halogens is 1. The van der Waals surface area contributed by atoms with Gasteiger partial charge in [-0.2, -0.15) is 10.5 Å². The van der Waals surface area contributed by atoms with Crippen molar-refractivity contribution in [1.29, 1.82) is 10.5 Å². The molecule has 1 aromatic carbocycles. The molecule has 1 aromatic heterocycles. The minimum absolute atomic E-state index is 0.000984. The lowest BCUT2D eigenvalue weighted by Gasteiger charge is -2.07. The third-order valence-corrected chi connectivity index (χ3v) is 2.78. The zero-order chi connectivity index (χ0) is 13.8. The lowest BCUT2D eigenvalue weighted by molar-refractivity contribution is 0.624. The minimum atomic E-state index is -0.543. The van der Waals surface area contributed by atoms with Gasteiger partial charge in [0.15, 0.2) is 0 Å². The van der Waals surface area contributed by atoms with Crippen LogP contribution in [0.5, 0.6) is 0 Å². The predicted molar refractivity (Wildman–Crippen MR) is 68.6 cm³/mol. The van der Waals surface area contributed by atoms with Crippen molar-refractivity contribution in [3.63, 3.8) is 0 Å². The Hall–Kier alpha value is -2.79. The summed E-state index contributed by atoms with van der Waals surface area (Å²) < 4.78 is 15.1. The Morgan fingerprint density at radius 3 is 2.74 bits per heavy atom. The van der Waals surface area contributed by atoms with Gasteiger partial charge in [0.05, 0.1) is 5.69 Å². The van der Waals surface area contributed by atoms with Crippen LogP contribution < -0.4 is 5.32 Å². The fourth-order valence-corrected chi connectivity index (χ4v) is 1.82. The maximum Gasteiger partial charge on any atom is 0.143 e. The van der Waals surface area contributed by atoms with Gasteiger partial charge >= 0.3 is 0 Å². The third-order valence-electron chi connectivity index (χ3n) is 2.78. The normalized spacial score (nSPS) is 9.68. The molecule has 0 atom stereocenters. The Kier molecular flexibility index (Phi) is 3.49. The summed E-state index contributed by atoms with van der Waals surface area (Å²) in [6.07, 6.45) is 1.82. The van der Waals surface area contributed by atoms with Gasteiger partial charge in [0, 0.05) is 19.8 Å². The van der Waals surface area contributed by atoms with Crippen molar-refractivity contribution < 1.29 is 4.39 Å². The highest BCUT2D eigenvalue weighted by molar-refractivity contribution is 5.58. The second-order valence-electron chi connectivity index (χ2n) is 4.08. The summed E-state index contributed by atoms with van der Waals surface area (Å²) in [5.74, 6) is -0.543. The number of aryl methyl sites for hydroxylation is 1. The monoisotopic (exact) mass is 254 g/mol. The first-order valence-electron chi connectivity index (χ1n) is 5.63. The van der Waals surface area contributed by atoms with E-state index in [4.69, 9.17) is 10.5 Å². The van der Waals surface area contributed by atoms with E-state index in [0.717, 1.165) is 5.56 Å². The number of aromatic nitrogens is 1. The Bertz CT molecular complexity index is 688. The van der Waals surface area contributed by atoms with Gasteiger partial charge in [0.2, 0.25) is 0 Å². The molecule has 0 radical (unpaired) electrons. The van der Waals surface area contributed by atoms with Crippen LogP contribution in [-0.2, 0) is 13.6 Å². The van der Waals surface area contributed by atoms with E-state index < -0.39 is 5.82 Å². The minimum Gasteiger partial charge on any atom is -0.380 e. The van der Waals surface area contributed by atoms with E-state index in [-0.39, 0.29) is 5.56 Å². The first kappa shape index (κ1) is 12.7. The van der Waals surface area contributed by atoms with Crippen LogP contribution in [-0.4, -0.2) is 4.57 Å². The van der Waals surface area contributed by atoms with Gasteiger partial charge < -0.3 is 9.88 Å². The topological polar surface area (TPSA) is 64.5 Å². The molecule has 0 bridgehead atoms. The van der Waals surface area contributed by atoms with Crippen molar-refractivity contribution in [2.24, 2.45) is 7.05 Å². The van der Waals surface area contributed by atoms with Crippen LogP contribution in [0.3, 0.4) is 0 Å². The quantitative estimate of drug-likeness (QED) is 0.915. The van der Waals surface area contributed by atoms with Gasteiger partial charge in [0.1, 0.15) is 29.2 Å². The Balaban J connectivity index is 2.17. The third kappa shape index (κ3) is 2.56. The summed E-state index contributed by atoms with van der Waals surface area (Å²) in [5.41, 5.74) is 1.90. The second-order valence-corrected chi connectivity index (χ2v) is 4.08. The number of anilines is 1. The first-order chi connectivity index (χ1) is 9.15. The van der Waals surface area contributed by atoms with Gasteiger partial charge in [-0.15, -0.1) is 0 Å². The highest BCUT2D eigenvalue weighted by atomic mass is 19.1. The maximum absolute atomic E-state index is 13.4. The molecule has 0 aliphatic rings. The molecule has 0 fully saturated rings. The molecule has 2 rings (SSSR count). The van der Waals surface area contributed by atoms with E-state index in [1.165, 1.54) is 6.07 Å². The molecule has 0 saturated heterocycles. The summed E-state index contributed by atoms with van der Waals surface area (Å²) in [7, 11) is 1.78. The number of hydrogen-bond acceptors (Lipinski definition) is 3. The number of hydrogen-bond donors (Lipinski definition) is 1. The van der Waals surface area contributed by atoms with Crippen molar-refractivity contribution >= 4 is 5.69 Å². The average molecular weight is 254 g/mol. The standard InChI is InChI=1S/C14H11FN4/c1-19-9-10(5-11(19)6-16)8-18-14-4-2-3-13(15)12(14)7-17/h2-5,9,18H,8H2,1H3. The lowest BCUT2D eigenvalue weighted by Crippen LogP contribution is -2.01. The Morgan fingerprint density at radius 1 is 1.32 bits per heavy atom. The van der Waals surface area contributed by atoms with Crippen LogP contribution in [0.2, 0.25) is 0 Å². The Morgan fingerprint density at radius 2 is 2.11 bits per heavy atom. The van der Waals surface area contributed by atoms with Crippen LogP contribution in [0.15, 0.2) is 30.5 Å². The molecule has 0 spiro atoms. The van der Waals surface area contributed by atoms with E-state index in [1.807, 2.05) is 12.3 Å². The predicted octanol–water partition coefficient (Wildman–Crippen LogP) is 2.52. The van der Waals surface area contributed by atoms with Crippen LogP contribution in [0, 0.1) is 28.5 Å². The van der Waals surface area contributed by atoms with E-state index in [0.29, 0.717) is 17.9 Å². The van der Waals surface area contributed by atoms with Crippen LogP contribution in [0.4, 0.5) is 10.1 Å². The van der Waals surface area contributed by atoms with Gasteiger partial charge in [-0.05, 0) is 23.8 Å². The maximum atomic E-state index is 13.4. The highest BCUT2D eigenvalue weighted by Gasteiger charge is 2.08. The lowest BCUT2D eigenvalue weighted by atomic mass is 10.2. The largest absolute Gasteiger partial charge is 0.380 e. The zero-order valence-electron chi connectivity index (χ0n) is 10.3. The van der Waals surface area contributed by atoms with E-state index in [2.05, 4.69) is 11.4 Å². The number of benzene rings is 1. The van der Waals surface area contributed by atoms with Gasteiger partial charge in [-0.1, -0.05) is 6.07 Å². The van der Waals surface area contributed by atoms with Crippen LogP contribution >= 0.6 is 0 Å². The van der Waals surface area contributed by atoms with E-state index in [9.17, 15) is 4.39 Å². The summed E-state index contributed by atoms with van der Waals surface area (Å²) in [6, 6.07) is 10.1. The molecule has 19 heavy (non-hydrogen) atoms. The molecule has 5 heteroatoms. The molecule has 0 unspecified atom stereocenters. The van der Waals surface area contributed by atoms with Crippen molar-refractivity contribution in [1.82, 2.24) is 4.57 Å². The van der Waals surface area contributed by atoms with Crippen LogP contribution in [0.25, 0.3) is 0 Å². The molecular formula is C14H11FN4. The molecule has 0 aliphatic carbocycles. The van der Waals surface area contributed by atoms with Gasteiger partial charge in [-0.3, -0.25) is 0 Å². The number of rotatable bonds is 3. The van der Waals surface area contributed by atoms with E-state index in [1.54, 1.807) is 29.8 Å². The molecule has 0 aliphatic heterocycles. The summed E-state index contributed by atoms with van der Waals surface area (Å²) in [5, 5.41) is 20.8. The van der Waals surface area contributed by atoms with Gasteiger partial charge in [-0.25, -0.2) is 4.39 Å². The summed E-state index contributed by atoms with van der Waals surface area (Å²) in [6.45, 7) is 0.424. The average Bonchev–Trinajstić information content (AvgIpc) is 2.77. The van der Waals surface area contributed by atoms with Gasteiger partial charge in [0.25, 0.3) is 0 Å². The smallest absolute Gasteiger partial charge is 0.143 e. The number of nitrogens with one attached hydrogen (secondary N) is 1. The highest BCUT2D eigenvalue weighted by Crippen LogP contribution is 2.19. The molecule has 1 heterocycles. The number of nitriles is 2. The molecule has 0 saturated carbocycles. The van der Waals surface area contributed by atoms with Crippen molar-refractivity contribution in [3.8, 4) is 12.1 Å². The molecule has 4 nitrogen and oxygen atoms in total.